The normalized spacial score (nSPS) is 10.9. The van der Waals surface area contributed by atoms with E-state index in [0.29, 0.717) is 35.1 Å². The van der Waals surface area contributed by atoms with E-state index in [9.17, 15) is 10.1 Å². The van der Waals surface area contributed by atoms with Gasteiger partial charge in [0.1, 0.15) is 11.8 Å². The van der Waals surface area contributed by atoms with Crippen LogP contribution in [0, 0.1) is 11.3 Å². The molecule has 0 aliphatic rings. The molecule has 0 radical (unpaired) electrons. The highest BCUT2D eigenvalue weighted by Crippen LogP contribution is 2.32. The molecular weight excluding hydrogens is 468 g/mol. The molecule has 0 saturated carbocycles. The van der Waals surface area contributed by atoms with Crippen LogP contribution in [0.1, 0.15) is 25.0 Å². The van der Waals surface area contributed by atoms with E-state index in [4.69, 9.17) is 14.4 Å². The van der Waals surface area contributed by atoms with E-state index < -0.39 is 5.97 Å². The molecule has 1 aromatic heterocycles. The van der Waals surface area contributed by atoms with Gasteiger partial charge in [0.05, 0.1) is 18.2 Å². The van der Waals surface area contributed by atoms with Crippen molar-refractivity contribution in [2.75, 3.05) is 13.6 Å². The van der Waals surface area contributed by atoms with Gasteiger partial charge >= 0.3 is 5.97 Å². The zero-order chi connectivity index (χ0) is 24.2. The van der Waals surface area contributed by atoms with Gasteiger partial charge in [-0.1, -0.05) is 41.6 Å². The van der Waals surface area contributed by atoms with Crippen LogP contribution in [0.15, 0.2) is 59.1 Å². The van der Waals surface area contributed by atoms with Crippen molar-refractivity contribution >= 4 is 29.1 Å². The summed E-state index contributed by atoms with van der Waals surface area (Å²) >= 11 is 0. The molecule has 0 saturated heterocycles. The number of aromatic nitrogens is 2. The molecule has 0 aliphatic carbocycles. The number of fused-ring (bicyclic) bond motifs is 1. The Morgan fingerprint density at radius 3 is 2.60 bits per heavy atom. The smallest absolute Gasteiger partial charge is 0.317 e. The van der Waals surface area contributed by atoms with Crippen LogP contribution in [0.3, 0.4) is 0 Å². The maximum atomic E-state index is 11.0. The fourth-order valence-electron chi connectivity index (χ4n) is 3.83. The summed E-state index contributed by atoms with van der Waals surface area (Å²) in [4.78, 5) is 17.4. The average molecular weight is 493 g/mol. The summed E-state index contributed by atoms with van der Waals surface area (Å²) in [5.41, 5.74) is 2.83. The van der Waals surface area contributed by atoms with Gasteiger partial charge in [0.15, 0.2) is 0 Å². The fraction of sp³-hybridized carbons (Fsp3) is 0.231. The van der Waals surface area contributed by atoms with E-state index in [2.05, 4.69) is 16.2 Å². The number of nitrogens with zero attached hydrogens (tertiary/aromatic N) is 4. The molecule has 0 aliphatic heterocycles. The molecule has 0 bridgehead atoms. The summed E-state index contributed by atoms with van der Waals surface area (Å²) in [7, 11) is 1.77. The summed E-state index contributed by atoms with van der Waals surface area (Å²) in [6, 6.07) is 19.1. The van der Waals surface area contributed by atoms with Gasteiger partial charge in [-0.05, 0) is 55.4 Å². The lowest BCUT2D eigenvalue weighted by Gasteiger charge is -2.16. The van der Waals surface area contributed by atoms with E-state index >= 15 is 0 Å². The van der Waals surface area contributed by atoms with Crippen molar-refractivity contribution in [3.8, 4) is 34.7 Å². The Bertz CT molecular complexity index is 1390. The number of aliphatic carboxylic acids is 1. The predicted octanol–water partition coefficient (Wildman–Crippen LogP) is 5.15. The number of likely N-dealkylation sites (N-methyl/N-ethyl adjacent to an activating group) is 1. The zero-order valence-corrected chi connectivity index (χ0v) is 20.4. The number of halogens is 1. The Morgan fingerprint density at radius 2 is 1.91 bits per heavy atom. The third-order valence-electron chi connectivity index (χ3n) is 5.24. The van der Waals surface area contributed by atoms with E-state index in [1.165, 1.54) is 0 Å². The minimum Gasteiger partial charge on any atom is -0.490 e. The number of carboxylic acid groups (broad SMARTS) is 1. The SMILES string of the molecule is CC(C)Oc1ccc(-c2nc(-c3ccc(CN(C)CC(=O)O)c4ccccc34)no2)cc1C#N.Cl. The van der Waals surface area contributed by atoms with Crippen LogP contribution in [-0.4, -0.2) is 45.8 Å². The number of hydrogen-bond acceptors (Lipinski definition) is 7. The van der Waals surface area contributed by atoms with Crippen LogP contribution in [-0.2, 0) is 11.3 Å². The largest absolute Gasteiger partial charge is 0.490 e. The molecule has 35 heavy (non-hydrogen) atoms. The molecular formula is C26H25ClN4O4. The number of nitriles is 1. The second-order valence-electron chi connectivity index (χ2n) is 8.30. The molecule has 0 amide bonds. The van der Waals surface area contributed by atoms with Crippen molar-refractivity contribution in [1.82, 2.24) is 15.0 Å². The summed E-state index contributed by atoms with van der Waals surface area (Å²) in [6.45, 7) is 4.25. The predicted molar refractivity (Wildman–Crippen MR) is 134 cm³/mol. The Balaban J connectivity index is 0.00000342. The molecule has 0 atom stereocenters. The number of hydrogen-bond donors (Lipinski definition) is 1. The van der Waals surface area contributed by atoms with Gasteiger partial charge in [-0.25, -0.2) is 0 Å². The van der Waals surface area contributed by atoms with E-state index in [-0.39, 0.29) is 25.1 Å². The van der Waals surface area contributed by atoms with Crippen molar-refractivity contribution in [1.29, 1.82) is 5.26 Å². The van der Waals surface area contributed by atoms with Crippen molar-refractivity contribution in [2.45, 2.75) is 26.5 Å². The second-order valence-corrected chi connectivity index (χ2v) is 8.30. The van der Waals surface area contributed by atoms with E-state index in [1.54, 1.807) is 30.1 Å². The number of ether oxygens (including phenoxy) is 1. The Kier molecular flexibility index (Phi) is 8.07. The number of carboxylic acids is 1. The van der Waals surface area contributed by atoms with Gasteiger partial charge in [0, 0.05) is 17.7 Å². The van der Waals surface area contributed by atoms with Crippen molar-refractivity contribution < 1.29 is 19.2 Å². The van der Waals surface area contributed by atoms with Crippen LogP contribution in [0.5, 0.6) is 5.75 Å². The maximum Gasteiger partial charge on any atom is 0.317 e. The standard InChI is InChI=1S/C26H24N4O4.ClH/c1-16(2)33-23-11-9-17(12-19(23)13-27)26-28-25(29-34-26)22-10-8-18(14-30(3)15-24(31)32)20-6-4-5-7-21(20)22;/h4-12,16H,14-15H2,1-3H3,(H,31,32);1H. The Morgan fingerprint density at radius 1 is 1.17 bits per heavy atom. The molecule has 0 fully saturated rings. The van der Waals surface area contributed by atoms with Crippen LogP contribution in [0.2, 0.25) is 0 Å². The van der Waals surface area contributed by atoms with E-state index in [0.717, 1.165) is 21.9 Å². The lowest BCUT2D eigenvalue weighted by Crippen LogP contribution is -2.25. The number of benzene rings is 3. The molecule has 4 rings (SSSR count). The van der Waals surface area contributed by atoms with Crippen LogP contribution in [0.4, 0.5) is 0 Å². The lowest BCUT2D eigenvalue weighted by molar-refractivity contribution is -0.138. The average Bonchev–Trinajstić information content (AvgIpc) is 3.28. The van der Waals surface area contributed by atoms with Gasteiger partial charge in [0.25, 0.3) is 5.89 Å². The summed E-state index contributed by atoms with van der Waals surface area (Å²) in [5, 5.41) is 24.7. The third-order valence-corrected chi connectivity index (χ3v) is 5.24. The first-order valence-corrected chi connectivity index (χ1v) is 10.8. The Hall–Kier alpha value is -3.93. The van der Waals surface area contributed by atoms with Gasteiger partial charge < -0.3 is 14.4 Å². The monoisotopic (exact) mass is 492 g/mol. The molecule has 4 aromatic rings. The zero-order valence-electron chi connectivity index (χ0n) is 19.6. The van der Waals surface area contributed by atoms with Gasteiger partial charge in [-0.3, -0.25) is 9.69 Å². The van der Waals surface area contributed by atoms with Crippen molar-refractivity contribution in [3.05, 3.63) is 65.7 Å². The first-order chi connectivity index (χ1) is 16.4. The highest BCUT2D eigenvalue weighted by atomic mass is 35.5. The van der Waals surface area contributed by atoms with Gasteiger partial charge in [-0.15, -0.1) is 12.4 Å². The first-order valence-electron chi connectivity index (χ1n) is 10.8. The number of rotatable bonds is 8. The van der Waals surface area contributed by atoms with Crippen LogP contribution < -0.4 is 4.74 Å². The quantitative estimate of drug-likeness (QED) is 0.359. The van der Waals surface area contributed by atoms with E-state index in [1.807, 2.05) is 50.2 Å². The summed E-state index contributed by atoms with van der Waals surface area (Å²) in [5.74, 6) is 0.371. The lowest BCUT2D eigenvalue weighted by atomic mass is 9.99. The molecule has 0 spiro atoms. The highest BCUT2D eigenvalue weighted by Gasteiger charge is 2.17. The van der Waals surface area contributed by atoms with Crippen molar-refractivity contribution in [2.24, 2.45) is 0 Å². The molecule has 3 aromatic carbocycles. The number of carbonyl (C=O) groups is 1. The summed E-state index contributed by atoms with van der Waals surface area (Å²) in [6.07, 6.45) is -0.0480. The van der Waals surface area contributed by atoms with Crippen molar-refractivity contribution in [3.63, 3.8) is 0 Å². The molecule has 8 nitrogen and oxygen atoms in total. The summed E-state index contributed by atoms with van der Waals surface area (Å²) < 4.78 is 11.2. The Labute approximate surface area is 209 Å². The third kappa shape index (κ3) is 5.77. The van der Waals surface area contributed by atoms with Gasteiger partial charge in [-0.2, -0.15) is 10.2 Å². The van der Waals surface area contributed by atoms with Gasteiger partial charge in [0.2, 0.25) is 5.82 Å². The second kappa shape index (κ2) is 11.0. The van der Waals surface area contributed by atoms with Crippen LogP contribution >= 0.6 is 12.4 Å². The molecule has 1 N–H and O–H groups in total. The molecule has 0 unspecified atom stereocenters. The topological polar surface area (TPSA) is 112 Å². The maximum absolute atomic E-state index is 11.0. The fourth-order valence-corrected chi connectivity index (χ4v) is 3.83. The minimum atomic E-state index is -0.869. The van der Waals surface area contributed by atoms with Crippen LogP contribution in [0.25, 0.3) is 33.6 Å². The highest BCUT2D eigenvalue weighted by molar-refractivity contribution is 5.97. The first kappa shape index (κ1) is 25.7. The molecule has 1 heterocycles. The molecule has 9 heteroatoms. The minimum absolute atomic E-state index is 0. The molecule has 180 valence electrons.